The summed E-state index contributed by atoms with van der Waals surface area (Å²) in [6.45, 7) is 8.51. The molecule has 0 aliphatic carbocycles. The second-order valence-electron chi connectivity index (χ2n) is 4.27. The van der Waals surface area contributed by atoms with Crippen molar-refractivity contribution in [3.05, 3.63) is 28.3 Å². The lowest BCUT2D eigenvalue weighted by Gasteiger charge is -2.17. The number of rotatable bonds is 2. The van der Waals surface area contributed by atoms with Crippen LogP contribution in [0.15, 0.2) is 12.1 Å². The zero-order valence-electron chi connectivity index (χ0n) is 9.26. The van der Waals surface area contributed by atoms with Crippen molar-refractivity contribution in [1.82, 2.24) is 0 Å². The van der Waals surface area contributed by atoms with Gasteiger partial charge in [0.05, 0.1) is 0 Å². The van der Waals surface area contributed by atoms with Gasteiger partial charge in [-0.25, -0.2) is 0 Å². The van der Waals surface area contributed by atoms with Gasteiger partial charge in [0.2, 0.25) is 0 Å². The molecule has 0 radical (unpaired) electrons. The van der Waals surface area contributed by atoms with Crippen LogP contribution >= 0.6 is 11.6 Å². The van der Waals surface area contributed by atoms with E-state index in [4.69, 9.17) is 17.3 Å². The fourth-order valence-electron chi connectivity index (χ4n) is 1.72. The Bertz CT molecular complexity index is 330. The van der Waals surface area contributed by atoms with Crippen molar-refractivity contribution in [2.45, 2.75) is 47.0 Å². The molecular formula is C13H22ClN. The van der Waals surface area contributed by atoms with Gasteiger partial charge in [0.25, 0.3) is 0 Å². The SMILES string of the molecule is C.CC(C)c1ccc(Cl)c(C(C)C)c1N. The molecule has 0 saturated carbocycles. The Morgan fingerprint density at radius 1 is 1.07 bits per heavy atom. The zero-order chi connectivity index (χ0) is 10.9. The highest BCUT2D eigenvalue weighted by Gasteiger charge is 2.14. The van der Waals surface area contributed by atoms with Crippen LogP contribution in [-0.4, -0.2) is 0 Å². The van der Waals surface area contributed by atoms with E-state index in [-0.39, 0.29) is 7.43 Å². The molecular weight excluding hydrogens is 206 g/mol. The molecule has 1 nitrogen and oxygen atoms in total. The average Bonchev–Trinajstić information content (AvgIpc) is 2.02. The molecule has 0 unspecified atom stereocenters. The van der Waals surface area contributed by atoms with Crippen molar-refractivity contribution in [1.29, 1.82) is 0 Å². The Balaban J connectivity index is 0.00000196. The van der Waals surface area contributed by atoms with E-state index in [1.807, 2.05) is 12.1 Å². The highest BCUT2D eigenvalue weighted by Crippen LogP contribution is 2.35. The Labute approximate surface area is 98.6 Å². The van der Waals surface area contributed by atoms with Gasteiger partial charge < -0.3 is 5.73 Å². The highest BCUT2D eigenvalue weighted by molar-refractivity contribution is 6.31. The number of hydrogen-bond donors (Lipinski definition) is 1. The molecule has 2 N–H and O–H groups in total. The normalized spacial score (nSPS) is 10.6. The fourth-order valence-corrected chi connectivity index (χ4v) is 2.10. The zero-order valence-corrected chi connectivity index (χ0v) is 10.0. The first-order valence-electron chi connectivity index (χ1n) is 5.03. The van der Waals surface area contributed by atoms with Crippen LogP contribution in [0.25, 0.3) is 0 Å². The summed E-state index contributed by atoms with van der Waals surface area (Å²) < 4.78 is 0. The molecule has 1 aromatic rings. The van der Waals surface area contributed by atoms with Gasteiger partial charge in [-0.05, 0) is 29.0 Å². The van der Waals surface area contributed by atoms with Gasteiger partial charge in [0.15, 0.2) is 0 Å². The summed E-state index contributed by atoms with van der Waals surface area (Å²) in [5, 5.41) is 0.780. The van der Waals surface area contributed by atoms with Crippen LogP contribution in [-0.2, 0) is 0 Å². The van der Waals surface area contributed by atoms with E-state index in [0.29, 0.717) is 11.8 Å². The van der Waals surface area contributed by atoms with Gasteiger partial charge in [-0.15, -0.1) is 0 Å². The molecule has 0 saturated heterocycles. The lowest BCUT2D eigenvalue weighted by molar-refractivity contribution is 0.840. The molecule has 0 heterocycles. The lowest BCUT2D eigenvalue weighted by Crippen LogP contribution is -2.03. The van der Waals surface area contributed by atoms with Crippen molar-refractivity contribution in [2.75, 3.05) is 5.73 Å². The molecule has 0 amide bonds. The molecule has 0 aliphatic heterocycles. The number of nitrogens with two attached hydrogens (primary N) is 1. The third-order valence-corrected chi connectivity index (χ3v) is 2.80. The van der Waals surface area contributed by atoms with Gasteiger partial charge in [-0.1, -0.05) is 52.8 Å². The predicted molar refractivity (Wildman–Crippen MR) is 70.8 cm³/mol. The average molecular weight is 228 g/mol. The molecule has 0 atom stereocenters. The first-order valence-corrected chi connectivity index (χ1v) is 5.40. The second kappa shape index (κ2) is 5.41. The summed E-state index contributed by atoms with van der Waals surface area (Å²) in [7, 11) is 0. The molecule has 0 spiro atoms. The molecule has 1 rings (SSSR count). The van der Waals surface area contributed by atoms with E-state index in [1.165, 1.54) is 5.56 Å². The van der Waals surface area contributed by atoms with Crippen molar-refractivity contribution < 1.29 is 0 Å². The smallest absolute Gasteiger partial charge is 0.0461 e. The summed E-state index contributed by atoms with van der Waals surface area (Å²) in [5.41, 5.74) is 9.24. The maximum atomic E-state index is 6.12. The van der Waals surface area contributed by atoms with Crippen molar-refractivity contribution >= 4 is 17.3 Å². The van der Waals surface area contributed by atoms with Crippen LogP contribution in [0, 0.1) is 0 Å². The minimum atomic E-state index is 0. The Kier molecular flexibility index (Phi) is 5.16. The summed E-state index contributed by atoms with van der Waals surface area (Å²) in [5.74, 6) is 0.825. The van der Waals surface area contributed by atoms with Crippen LogP contribution in [0.1, 0.15) is 58.1 Å². The van der Waals surface area contributed by atoms with E-state index < -0.39 is 0 Å². The van der Waals surface area contributed by atoms with Crippen molar-refractivity contribution in [3.8, 4) is 0 Å². The van der Waals surface area contributed by atoms with E-state index >= 15 is 0 Å². The Morgan fingerprint density at radius 2 is 1.60 bits per heavy atom. The topological polar surface area (TPSA) is 26.0 Å². The second-order valence-corrected chi connectivity index (χ2v) is 4.68. The minimum Gasteiger partial charge on any atom is -0.398 e. The lowest BCUT2D eigenvalue weighted by atomic mass is 9.93. The number of nitrogen functional groups attached to an aromatic ring is 1. The van der Waals surface area contributed by atoms with Gasteiger partial charge in [-0.2, -0.15) is 0 Å². The van der Waals surface area contributed by atoms with Crippen LogP contribution in [0.5, 0.6) is 0 Å². The van der Waals surface area contributed by atoms with E-state index in [1.54, 1.807) is 0 Å². The third kappa shape index (κ3) is 2.88. The predicted octanol–water partition coefficient (Wildman–Crippen LogP) is 4.81. The Hall–Kier alpha value is -0.690. The van der Waals surface area contributed by atoms with Crippen LogP contribution < -0.4 is 5.73 Å². The minimum absolute atomic E-state index is 0. The van der Waals surface area contributed by atoms with E-state index in [2.05, 4.69) is 27.7 Å². The van der Waals surface area contributed by atoms with E-state index in [0.717, 1.165) is 16.3 Å². The monoisotopic (exact) mass is 227 g/mol. The summed E-state index contributed by atoms with van der Waals surface area (Å²) in [6, 6.07) is 3.97. The molecule has 2 heteroatoms. The van der Waals surface area contributed by atoms with Crippen LogP contribution in [0.2, 0.25) is 5.02 Å². The molecule has 0 fully saturated rings. The number of benzene rings is 1. The summed E-state index contributed by atoms with van der Waals surface area (Å²) in [4.78, 5) is 0. The van der Waals surface area contributed by atoms with Gasteiger partial charge in [0, 0.05) is 10.7 Å². The summed E-state index contributed by atoms with van der Waals surface area (Å²) in [6.07, 6.45) is 0. The highest BCUT2D eigenvalue weighted by atomic mass is 35.5. The molecule has 0 aromatic heterocycles. The summed E-state index contributed by atoms with van der Waals surface area (Å²) >= 11 is 6.12. The fraction of sp³-hybridized carbons (Fsp3) is 0.538. The molecule has 1 aromatic carbocycles. The third-order valence-electron chi connectivity index (χ3n) is 2.47. The standard InChI is InChI=1S/C12H18ClN.CH4/c1-7(2)9-5-6-10(13)11(8(3)4)12(9)14;/h5-8H,14H2,1-4H3;1H4. The Morgan fingerprint density at radius 3 is 2.00 bits per heavy atom. The molecule has 15 heavy (non-hydrogen) atoms. The van der Waals surface area contributed by atoms with Crippen LogP contribution in [0.4, 0.5) is 5.69 Å². The number of anilines is 1. The van der Waals surface area contributed by atoms with Gasteiger partial charge >= 0.3 is 0 Å². The van der Waals surface area contributed by atoms with Crippen LogP contribution in [0.3, 0.4) is 0 Å². The van der Waals surface area contributed by atoms with Crippen molar-refractivity contribution in [2.24, 2.45) is 0 Å². The van der Waals surface area contributed by atoms with Gasteiger partial charge in [0.1, 0.15) is 0 Å². The maximum absolute atomic E-state index is 6.12. The number of hydrogen-bond acceptors (Lipinski definition) is 1. The van der Waals surface area contributed by atoms with Gasteiger partial charge in [-0.3, -0.25) is 0 Å². The van der Waals surface area contributed by atoms with Crippen molar-refractivity contribution in [3.63, 3.8) is 0 Å². The first kappa shape index (κ1) is 14.3. The quantitative estimate of drug-likeness (QED) is 0.722. The first-order chi connectivity index (χ1) is 6.45. The molecule has 86 valence electrons. The number of halogens is 1. The largest absolute Gasteiger partial charge is 0.398 e. The molecule has 0 bridgehead atoms. The maximum Gasteiger partial charge on any atom is 0.0461 e. The van der Waals surface area contributed by atoms with E-state index in [9.17, 15) is 0 Å². The molecule has 0 aliphatic rings.